The van der Waals surface area contributed by atoms with Crippen molar-refractivity contribution in [2.24, 2.45) is 0 Å². The molecule has 4 aromatic rings. The Morgan fingerprint density at radius 2 is 1.75 bits per heavy atom. The molecule has 9 heteroatoms. The second-order valence-corrected chi connectivity index (χ2v) is 10.3. The van der Waals surface area contributed by atoms with Gasteiger partial charge in [0.25, 0.3) is 0 Å². The largest absolute Gasteiger partial charge is 0.497 e. The number of urea groups is 1. The topological polar surface area (TPSA) is 85.0 Å². The zero-order valence-corrected chi connectivity index (χ0v) is 24.8. The van der Waals surface area contributed by atoms with E-state index >= 15 is 0 Å². The molecular formula is C31H35BrN4O4. The number of nitrogens with zero attached hydrogens (tertiary/aromatic N) is 2. The van der Waals surface area contributed by atoms with E-state index in [-0.39, 0.29) is 12.1 Å². The summed E-state index contributed by atoms with van der Waals surface area (Å²) in [6.07, 6.45) is 3.43. The summed E-state index contributed by atoms with van der Waals surface area (Å²) in [4.78, 5) is 19.8. The minimum absolute atomic E-state index is 0.145. The molecular weight excluding hydrogens is 572 g/mol. The number of carbonyl (C=O) groups is 1. The molecule has 4 rings (SSSR count). The molecule has 0 aliphatic heterocycles. The summed E-state index contributed by atoms with van der Waals surface area (Å²) in [5.41, 5.74) is 3.49. The maximum Gasteiger partial charge on any atom is 0.322 e. The molecule has 0 aliphatic rings. The van der Waals surface area contributed by atoms with Gasteiger partial charge in [0.2, 0.25) is 0 Å². The van der Waals surface area contributed by atoms with Crippen molar-refractivity contribution < 1.29 is 19.0 Å². The highest BCUT2D eigenvalue weighted by atomic mass is 79.9. The van der Waals surface area contributed by atoms with Crippen LogP contribution in [0.15, 0.2) is 77.4 Å². The van der Waals surface area contributed by atoms with Crippen LogP contribution in [-0.4, -0.2) is 49.8 Å². The number of fused-ring (bicyclic) bond motifs is 1. The lowest BCUT2D eigenvalue weighted by Crippen LogP contribution is -2.36. The molecule has 8 nitrogen and oxygen atoms in total. The number of benzene rings is 3. The van der Waals surface area contributed by atoms with Crippen molar-refractivity contribution in [3.05, 3.63) is 83.0 Å². The summed E-state index contributed by atoms with van der Waals surface area (Å²) in [6.45, 7) is 3.12. The standard InChI is InChI=1S/C31H35BrN4O4/c1-21(34-27-19-24(38-2)18-23-10-7-15-33-30(23)27)9-8-16-36(31(37)35-26-12-6-5-11-25(26)32)20-22-13-14-28(39-3)29(17-22)40-4/h5-7,10-15,17-19,21,34H,8-9,16,20H2,1-4H3,(H,35,37). The van der Waals surface area contributed by atoms with Gasteiger partial charge in [0.1, 0.15) is 5.75 Å². The van der Waals surface area contributed by atoms with Crippen LogP contribution in [0.1, 0.15) is 25.3 Å². The van der Waals surface area contributed by atoms with E-state index in [2.05, 4.69) is 38.5 Å². The van der Waals surface area contributed by atoms with Gasteiger partial charge in [-0.1, -0.05) is 24.3 Å². The van der Waals surface area contributed by atoms with Gasteiger partial charge in [-0.05, 0) is 77.7 Å². The smallest absolute Gasteiger partial charge is 0.322 e. The second-order valence-electron chi connectivity index (χ2n) is 9.46. The van der Waals surface area contributed by atoms with Crippen molar-refractivity contribution in [1.29, 1.82) is 0 Å². The molecule has 0 aliphatic carbocycles. The third kappa shape index (κ3) is 7.35. The Kier molecular flexibility index (Phi) is 10.1. The number of methoxy groups -OCH3 is 3. The first-order valence-electron chi connectivity index (χ1n) is 13.1. The van der Waals surface area contributed by atoms with Gasteiger partial charge in [-0.3, -0.25) is 4.98 Å². The van der Waals surface area contributed by atoms with Crippen LogP contribution in [0.2, 0.25) is 0 Å². The number of halogens is 1. The van der Waals surface area contributed by atoms with Gasteiger partial charge in [0.15, 0.2) is 11.5 Å². The number of aromatic nitrogens is 1. The molecule has 0 bridgehead atoms. The van der Waals surface area contributed by atoms with E-state index in [4.69, 9.17) is 14.2 Å². The maximum absolute atomic E-state index is 13.4. The second kappa shape index (κ2) is 13.9. The van der Waals surface area contributed by atoms with Crippen LogP contribution >= 0.6 is 15.9 Å². The van der Waals surface area contributed by atoms with E-state index in [0.29, 0.717) is 24.6 Å². The molecule has 2 amide bonds. The average molecular weight is 608 g/mol. The molecule has 0 fully saturated rings. The summed E-state index contributed by atoms with van der Waals surface area (Å²) in [7, 11) is 4.87. The first-order valence-corrected chi connectivity index (χ1v) is 13.9. The highest BCUT2D eigenvalue weighted by Gasteiger charge is 2.17. The molecule has 0 radical (unpaired) electrons. The van der Waals surface area contributed by atoms with Gasteiger partial charge in [0.05, 0.1) is 38.2 Å². The number of rotatable bonds is 12. The Bertz CT molecular complexity index is 1450. The summed E-state index contributed by atoms with van der Waals surface area (Å²) in [5.74, 6) is 2.05. The molecule has 1 unspecified atom stereocenters. The molecule has 0 saturated heterocycles. The molecule has 210 valence electrons. The molecule has 1 heterocycles. The van der Waals surface area contributed by atoms with Crippen molar-refractivity contribution >= 4 is 44.2 Å². The van der Waals surface area contributed by atoms with Gasteiger partial charge in [-0.25, -0.2) is 4.79 Å². The van der Waals surface area contributed by atoms with Crippen molar-refractivity contribution in [3.63, 3.8) is 0 Å². The Labute approximate surface area is 243 Å². The first-order chi connectivity index (χ1) is 19.4. The van der Waals surface area contributed by atoms with Gasteiger partial charge in [-0.2, -0.15) is 0 Å². The third-order valence-corrected chi connectivity index (χ3v) is 7.30. The number of hydrogen-bond donors (Lipinski definition) is 2. The average Bonchev–Trinajstić information content (AvgIpc) is 2.97. The monoisotopic (exact) mass is 606 g/mol. The minimum Gasteiger partial charge on any atom is -0.497 e. The minimum atomic E-state index is -0.176. The van der Waals surface area contributed by atoms with Crippen LogP contribution in [0.4, 0.5) is 16.2 Å². The van der Waals surface area contributed by atoms with Crippen LogP contribution < -0.4 is 24.8 Å². The zero-order valence-electron chi connectivity index (χ0n) is 23.2. The number of nitrogens with one attached hydrogen (secondary N) is 2. The van der Waals surface area contributed by atoms with E-state index in [1.807, 2.05) is 71.6 Å². The lowest BCUT2D eigenvalue weighted by molar-refractivity contribution is 0.207. The maximum atomic E-state index is 13.4. The van der Waals surface area contributed by atoms with Crippen molar-refractivity contribution in [2.75, 3.05) is 38.5 Å². The van der Waals surface area contributed by atoms with E-state index in [1.165, 1.54) is 0 Å². The molecule has 0 spiro atoms. The third-order valence-electron chi connectivity index (χ3n) is 6.61. The van der Waals surface area contributed by atoms with E-state index in [1.54, 1.807) is 27.5 Å². The summed E-state index contributed by atoms with van der Waals surface area (Å²) < 4.78 is 17.2. The molecule has 1 atom stereocenters. The highest BCUT2D eigenvalue weighted by Crippen LogP contribution is 2.30. The number of anilines is 2. The van der Waals surface area contributed by atoms with Crippen LogP contribution in [0, 0.1) is 0 Å². The van der Waals surface area contributed by atoms with E-state index in [9.17, 15) is 4.79 Å². The van der Waals surface area contributed by atoms with Gasteiger partial charge < -0.3 is 29.7 Å². The highest BCUT2D eigenvalue weighted by molar-refractivity contribution is 9.10. The number of pyridine rings is 1. The zero-order chi connectivity index (χ0) is 28.5. The number of hydrogen-bond acceptors (Lipinski definition) is 6. The lowest BCUT2D eigenvalue weighted by atomic mass is 10.1. The SMILES string of the molecule is COc1cc(NC(C)CCCN(Cc2ccc(OC)c(OC)c2)C(=O)Nc2ccccc2Br)c2ncccc2c1. The van der Waals surface area contributed by atoms with Crippen LogP contribution in [0.25, 0.3) is 10.9 Å². The fourth-order valence-electron chi connectivity index (χ4n) is 4.53. The Hall–Kier alpha value is -3.98. The number of para-hydroxylation sites is 1. The van der Waals surface area contributed by atoms with Crippen molar-refractivity contribution in [1.82, 2.24) is 9.88 Å². The fraction of sp³-hybridized carbons (Fsp3) is 0.290. The number of ether oxygens (including phenoxy) is 3. The predicted octanol–water partition coefficient (Wildman–Crippen LogP) is 7.34. The molecule has 2 N–H and O–H groups in total. The Balaban J connectivity index is 1.46. The Morgan fingerprint density at radius 3 is 2.50 bits per heavy atom. The van der Waals surface area contributed by atoms with Gasteiger partial charge in [-0.15, -0.1) is 0 Å². The number of carbonyl (C=O) groups excluding carboxylic acids is 1. The molecule has 1 aromatic heterocycles. The fourth-order valence-corrected chi connectivity index (χ4v) is 4.91. The number of amides is 2. The molecule has 40 heavy (non-hydrogen) atoms. The van der Waals surface area contributed by atoms with Crippen LogP contribution in [0.5, 0.6) is 17.2 Å². The quantitative estimate of drug-likeness (QED) is 0.175. The normalized spacial score (nSPS) is 11.5. The molecule has 0 saturated carbocycles. The summed E-state index contributed by atoms with van der Waals surface area (Å²) in [5, 5.41) is 7.64. The predicted molar refractivity (Wildman–Crippen MR) is 164 cm³/mol. The Morgan fingerprint density at radius 1 is 0.950 bits per heavy atom. The van der Waals surface area contributed by atoms with Crippen LogP contribution in [-0.2, 0) is 6.54 Å². The van der Waals surface area contributed by atoms with E-state index < -0.39 is 0 Å². The van der Waals surface area contributed by atoms with Crippen molar-refractivity contribution in [3.8, 4) is 17.2 Å². The lowest BCUT2D eigenvalue weighted by Gasteiger charge is -2.25. The van der Waals surface area contributed by atoms with Crippen LogP contribution in [0.3, 0.4) is 0 Å². The van der Waals surface area contributed by atoms with Gasteiger partial charge >= 0.3 is 6.03 Å². The summed E-state index contributed by atoms with van der Waals surface area (Å²) >= 11 is 3.52. The molecule has 3 aromatic carbocycles. The first kappa shape index (κ1) is 29.0. The van der Waals surface area contributed by atoms with E-state index in [0.717, 1.165) is 50.9 Å². The summed E-state index contributed by atoms with van der Waals surface area (Å²) in [6, 6.07) is 21.2. The van der Waals surface area contributed by atoms with Crippen molar-refractivity contribution in [2.45, 2.75) is 32.4 Å². The van der Waals surface area contributed by atoms with Gasteiger partial charge in [0, 0.05) is 41.3 Å².